The Morgan fingerprint density at radius 3 is 1.71 bits per heavy atom. The van der Waals surface area contributed by atoms with E-state index in [0.717, 1.165) is 12.8 Å². The van der Waals surface area contributed by atoms with E-state index in [0.29, 0.717) is 6.61 Å². The molecule has 0 spiro atoms. The van der Waals surface area contributed by atoms with Crippen LogP contribution in [-0.2, 0) is 9.09 Å². The van der Waals surface area contributed by atoms with E-state index in [2.05, 4.69) is 6.92 Å². The van der Waals surface area contributed by atoms with Crippen molar-refractivity contribution in [1.29, 1.82) is 0 Å². The minimum Gasteiger partial charge on any atom is -0.324 e. The van der Waals surface area contributed by atoms with E-state index in [1.165, 1.54) is 58.0 Å². The van der Waals surface area contributed by atoms with E-state index in [-0.39, 0.29) is 0 Å². The second kappa shape index (κ2) is 11.3. The Bertz CT molecular complexity index is 201. The van der Waals surface area contributed by atoms with Crippen molar-refractivity contribution < 1.29 is 14.0 Å². The van der Waals surface area contributed by atoms with Crippen molar-refractivity contribution in [3.63, 3.8) is 0 Å². The summed E-state index contributed by atoms with van der Waals surface area (Å²) in [4.78, 5) is 8.89. The molecular weight excluding hydrogens is 235 g/mol. The van der Waals surface area contributed by atoms with E-state index < -0.39 is 7.60 Å². The van der Waals surface area contributed by atoms with Crippen molar-refractivity contribution in [2.24, 2.45) is 0 Å². The summed E-state index contributed by atoms with van der Waals surface area (Å²) in [5.74, 6) is 0. The molecule has 4 heteroatoms. The molecule has 1 unspecified atom stereocenters. The van der Waals surface area contributed by atoms with Gasteiger partial charge < -0.3 is 9.42 Å². The lowest BCUT2D eigenvalue weighted by Gasteiger charge is -2.06. The molecule has 0 heterocycles. The number of unbranched alkanes of at least 4 members (excludes halogenated alkanes) is 9. The van der Waals surface area contributed by atoms with E-state index in [4.69, 9.17) is 9.42 Å². The number of rotatable bonds is 12. The molecule has 17 heavy (non-hydrogen) atoms. The molecule has 0 aliphatic rings. The van der Waals surface area contributed by atoms with Gasteiger partial charge in [0, 0.05) is 6.66 Å². The molecule has 104 valence electrons. The molecule has 0 radical (unpaired) electrons. The van der Waals surface area contributed by atoms with Crippen molar-refractivity contribution in [3.8, 4) is 0 Å². The maximum absolute atomic E-state index is 10.8. The molecule has 0 saturated heterocycles. The molecule has 1 N–H and O–H groups in total. The van der Waals surface area contributed by atoms with Crippen LogP contribution in [0.5, 0.6) is 0 Å². The van der Waals surface area contributed by atoms with Crippen LogP contribution < -0.4 is 0 Å². The van der Waals surface area contributed by atoms with E-state index in [1.807, 2.05) is 0 Å². The summed E-state index contributed by atoms with van der Waals surface area (Å²) in [6.07, 6.45) is 12.6. The van der Waals surface area contributed by atoms with Crippen LogP contribution in [0.15, 0.2) is 0 Å². The highest BCUT2D eigenvalue weighted by Crippen LogP contribution is 2.36. The lowest BCUT2D eigenvalue weighted by atomic mass is 10.1. The molecule has 1 atom stereocenters. The molecule has 0 aromatic carbocycles. The Morgan fingerprint density at radius 2 is 1.29 bits per heavy atom. The van der Waals surface area contributed by atoms with Crippen LogP contribution in [0.3, 0.4) is 0 Å². The summed E-state index contributed by atoms with van der Waals surface area (Å²) >= 11 is 0. The molecule has 0 aromatic heterocycles. The average molecular weight is 264 g/mol. The fourth-order valence-corrected chi connectivity index (χ4v) is 2.29. The van der Waals surface area contributed by atoms with Crippen LogP contribution in [0, 0.1) is 0 Å². The molecule has 3 nitrogen and oxygen atoms in total. The van der Waals surface area contributed by atoms with Gasteiger partial charge in [-0.3, -0.25) is 4.57 Å². The first-order chi connectivity index (χ1) is 8.06. The first kappa shape index (κ1) is 17.2. The molecule has 0 saturated carbocycles. The molecule has 0 rings (SSSR count). The Balaban J connectivity index is 3.01. The van der Waals surface area contributed by atoms with Gasteiger partial charge >= 0.3 is 7.60 Å². The first-order valence-electron chi connectivity index (χ1n) is 7.01. The standard InChI is InChI=1S/C13H29O3P/c1-3-4-5-6-7-8-9-10-11-12-13-16-17(2,14)15/h3-13H2,1-2H3,(H,14,15). The van der Waals surface area contributed by atoms with Gasteiger partial charge in [-0.2, -0.15) is 0 Å². The zero-order chi connectivity index (χ0) is 13.0. The smallest absolute Gasteiger partial charge is 0.324 e. The molecule has 0 aromatic rings. The Labute approximate surface area is 106 Å². The Kier molecular flexibility index (Phi) is 11.4. The van der Waals surface area contributed by atoms with E-state index in [1.54, 1.807) is 0 Å². The van der Waals surface area contributed by atoms with Crippen molar-refractivity contribution >= 4 is 7.60 Å². The van der Waals surface area contributed by atoms with Gasteiger partial charge in [-0.25, -0.2) is 0 Å². The molecular formula is C13H29O3P. The van der Waals surface area contributed by atoms with Crippen molar-refractivity contribution in [3.05, 3.63) is 0 Å². The predicted molar refractivity (Wildman–Crippen MR) is 73.5 cm³/mol. The van der Waals surface area contributed by atoms with Gasteiger partial charge in [-0.15, -0.1) is 0 Å². The van der Waals surface area contributed by atoms with Crippen LogP contribution in [0.1, 0.15) is 71.1 Å². The van der Waals surface area contributed by atoms with Crippen molar-refractivity contribution in [1.82, 2.24) is 0 Å². The van der Waals surface area contributed by atoms with Crippen LogP contribution >= 0.6 is 7.60 Å². The Morgan fingerprint density at radius 1 is 0.882 bits per heavy atom. The third kappa shape index (κ3) is 16.1. The highest BCUT2D eigenvalue weighted by atomic mass is 31.2. The lowest BCUT2D eigenvalue weighted by Crippen LogP contribution is -1.91. The summed E-state index contributed by atoms with van der Waals surface area (Å²) in [5.41, 5.74) is 0. The van der Waals surface area contributed by atoms with Crippen LogP contribution in [0.2, 0.25) is 0 Å². The monoisotopic (exact) mass is 264 g/mol. The predicted octanol–water partition coefficient (Wildman–Crippen LogP) is 4.74. The van der Waals surface area contributed by atoms with Crippen molar-refractivity contribution in [2.75, 3.05) is 13.3 Å². The van der Waals surface area contributed by atoms with E-state index >= 15 is 0 Å². The van der Waals surface area contributed by atoms with Gasteiger partial charge in [-0.05, 0) is 6.42 Å². The minimum atomic E-state index is -3.24. The summed E-state index contributed by atoms with van der Waals surface area (Å²) in [5, 5.41) is 0. The van der Waals surface area contributed by atoms with Gasteiger partial charge in [0.1, 0.15) is 0 Å². The fourth-order valence-electron chi connectivity index (χ4n) is 1.82. The zero-order valence-corrected chi connectivity index (χ0v) is 12.4. The second-order valence-corrected chi connectivity index (χ2v) is 6.68. The van der Waals surface area contributed by atoms with E-state index in [9.17, 15) is 4.57 Å². The van der Waals surface area contributed by atoms with Gasteiger partial charge in [0.15, 0.2) is 0 Å². The maximum Gasteiger partial charge on any atom is 0.325 e. The topological polar surface area (TPSA) is 46.5 Å². The largest absolute Gasteiger partial charge is 0.325 e. The quantitative estimate of drug-likeness (QED) is 0.409. The van der Waals surface area contributed by atoms with Crippen LogP contribution in [-0.4, -0.2) is 18.2 Å². The third-order valence-corrected chi connectivity index (χ3v) is 3.49. The molecule has 0 fully saturated rings. The van der Waals surface area contributed by atoms with Gasteiger partial charge in [0.2, 0.25) is 0 Å². The Hall–Kier alpha value is 0.150. The van der Waals surface area contributed by atoms with Gasteiger partial charge in [-0.1, -0.05) is 64.7 Å². The molecule has 0 amide bonds. The minimum absolute atomic E-state index is 0.417. The number of hydrogen-bond acceptors (Lipinski definition) is 2. The molecule has 0 aliphatic carbocycles. The summed E-state index contributed by atoms with van der Waals surface area (Å²) in [7, 11) is -3.24. The SMILES string of the molecule is CCCCCCCCCCCCOP(C)(=O)O. The summed E-state index contributed by atoms with van der Waals surface area (Å²) in [6.45, 7) is 3.90. The van der Waals surface area contributed by atoms with Gasteiger partial charge in [0.05, 0.1) is 6.61 Å². The highest BCUT2D eigenvalue weighted by Gasteiger charge is 2.08. The fraction of sp³-hybridized carbons (Fsp3) is 1.00. The highest BCUT2D eigenvalue weighted by molar-refractivity contribution is 7.51. The number of hydrogen-bond donors (Lipinski definition) is 1. The van der Waals surface area contributed by atoms with Crippen molar-refractivity contribution in [2.45, 2.75) is 71.1 Å². The molecule has 0 aliphatic heterocycles. The first-order valence-corrected chi connectivity index (χ1v) is 9.03. The zero-order valence-electron chi connectivity index (χ0n) is 11.5. The normalized spacial score (nSPS) is 14.8. The van der Waals surface area contributed by atoms with Gasteiger partial charge in [0.25, 0.3) is 0 Å². The summed E-state index contributed by atoms with van der Waals surface area (Å²) in [6, 6.07) is 0. The third-order valence-electron chi connectivity index (χ3n) is 2.83. The summed E-state index contributed by atoms with van der Waals surface area (Å²) < 4.78 is 15.6. The maximum atomic E-state index is 10.8. The lowest BCUT2D eigenvalue weighted by molar-refractivity contribution is 0.257. The van der Waals surface area contributed by atoms with Crippen LogP contribution in [0.25, 0.3) is 0 Å². The average Bonchev–Trinajstić information content (AvgIpc) is 2.24. The van der Waals surface area contributed by atoms with Crippen LogP contribution in [0.4, 0.5) is 0 Å². The second-order valence-electron chi connectivity index (χ2n) is 4.82. The molecule has 0 bridgehead atoms.